The second kappa shape index (κ2) is 4.19. The smallest absolute Gasteiger partial charge is 0.328 e. The zero-order valence-corrected chi connectivity index (χ0v) is 8.75. The highest BCUT2D eigenvalue weighted by atomic mass is 32.1. The zero-order valence-electron chi connectivity index (χ0n) is 7.93. The van der Waals surface area contributed by atoms with E-state index >= 15 is 0 Å². The lowest BCUT2D eigenvalue weighted by Crippen LogP contribution is -2.24. The number of esters is 1. The third kappa shape index (κ3) is 1.90. The lowest BCUT2D eigenvalue weighted by Gasteiger charge is -2.12. The number of methoxy groups -OCH3 is 1. The van der Waals surface area contributed by atoms with E-state index in [4.69, 9.17) is 18.0 Å². The molecule has 0 bridgehead atoms. The summed E-state index contributed by atoms with van der Waals surface area (Å²) >= 11 is 4.79. The summed E-state index contributed by atoms with van der Waals surface area (Å²) in [4.78, 5) is 15.3. The molecule has 0 aromatic carbocycles. The maximum Gasteiger partial charge on any atom is 0.328 e. The van der Waals surface area contributed by atoms with E-state index in [1.54, 1.807) is 17.7 Å². The van der Waals surface area contributed by atoms with Crippen LogP contribution in [0.15, 0.2) is 12.4 Å². The summed E-state index contributed by atoms with van der Waals surface area (Å²) in [5, 5.41) is 0. The van der Waals surface area contributed by atoms with Crippen molar-refractivity contribution in [2.24, 2.45) is 5.73 Å². The number of nitrogens with two attached hydrogens (primary N) is 1. The summed E-state index contributed by atoms with van der Waals surface area (Å²) in [7, 11) is 1.33. The van der Waals surface area contributed by atoms with Crippen LogP contribution in [-0.2, 0) is 9.53 Å². The van der Waals surface area contributed by atoms with Crippen molar-refractivity contribution in [3.8, 4) is 0 Å². The topological polar surface area (TPSA) is 70.1 Å². The second-order valence-electron chi connectivity index (χ2n) is 2.72. The summed E-state index contributed by atoms with van der Waals surface area (Å²) in [5.74, 6) is 0.0541. The van der Waals surface area contributed by atoms with Gasteiger partial charge >= 0.3 is 5.97 Å². The van der Waals surface area contributed by atoms with Gasteiger partial charge in [0.25, 0.3) is 0 Å². The molecule has 1 aromatic heterocycles. The number of aromatic nitrogens is 2. The maximum absolute atomic E-state index is 11.2. The normalized spacial score (nSPS) is 12.1. The largest absolute Gasteiger partial charge is 0.467 e. The lowest BCUT2D eigenvalue weighted by molar-refractivity contribution is -0.144. The Morgan fingerprint density at radius 2 is 2.43 bits per heavy atom. The molecule has 0 spiro atoms. The third-order valence-corrected chi connectivity index (χ3v) is 2.03. The molecular weight excluding hydrogens is 202 g/mol. The second-order valence-corrected chi connectivity index (χ2v) is 3.16. The van der Waals surface area contributed by atoms with Gasteiger partial charge in [-0.25, -0.2) is 9.78 Å². The molecule has 14 heavy (non-hydrogen) atoms. The van der Waals surface area contributed by atoms with Gasteiger partial charge in [0, 0.05) is 12.4 Å². The van der Waals surface area contributed by atoms with Gasteiger partial charge in [-0.1, -0.05) is 12.2 Å². The molecule has 2 N–H and O–H groups in total. The molecule has 76 valence electrons. The van der Waals surface area contributed by atoms with Crippen LogP contribution in [0, 0.1) is 0 Å². The van der Waals surface area contributed by atoms with Gasteiger partial charge in [-0.3, -0.25) is 0 Å². The van der Waals surface area contributed by atoms with Gasteiger partial charge in [0.05, 0.1) is 7.11 Å². The zero-order chi connectivity index (χ0) is 10.7. The summed E-state index contributed by atoms with van der Waals surface area (Å²) in [6.45, 7) is 1.69. The highest BCUT2D eigenvalue weighted by Gasteiger charge is 2.18. The van der Waals surface area contributed by atoms with Gasteiger partial charge in [-0.15, -0.1) is 0 Å². The van der Waals surface area contributed by atoms with Gasteiger partial charge in [-0.2, -0.15) is 0 Å². The van der Waals surface area contributed by atoms with E-state index in [1.807, 2.05) is 0 Å². The first-order chi connectivity index (χ1) is 6.57. The Labute approximate surface area is 86.9 Å². The van der Waals surface area contributed by atoms with Crippen LogP contribution in [0.2, 0.25) is 0 Å². The SMILES string of the molecule is COC(=O)C(C)n1ccnc1C(N)=S. The van der Waals surface area contributed by atoms with Crippen LogP contribution in [0.1, 0.15) is 18.8 Å². The first-order valence-corrected chi connectivity index (χ1v) is 4.39. The Hall–Kier alpha value is -1.43. The fraction of sp³-hybridized carbons (Fsp3) is 0.375. The number of thiocarbonyl (C=S) groups is 1. The molecule has 6 heteroatoms. The van der Waals surface area contributed by atoms with Crippen molar-refractivity contribution >= 4 is 23.2 Å². The number of hydrogen-bond acceptors (Lipinski definition) is 4. The summed E-state index contributed by atoms with van der Waals surface area (Å²) in [5.41, 5.74) is 5.43. The predicted octanol–water partition coefficient (Wildman–Crippen LogP) is 0.251. The number of imidazole rings is 1. The maximum atomic E-state index is 11.2. The van der Waals surface area contributed by atoms with E-state index in [9.17, 15) is 4.79 Å². The highest BCUT2D eigenvalue weighted by Crippen LogP contribution is 2.10. The Morgan fingerprint density at radius 1 is 1.79 bits per heavy atom. The average molecular weight is 213 g/mol. The number of rotatable bonds is 3. The van der Waals surface area contributed by atoms with Gasteiger partial charge in [0.2, 0.25) is 0 Å². The number of carbonyl (C=O) groups excluding carboxylic acids is 1. The van der Waals surface area contributed by atoms with Crippen molar-refractivity contribution in [3.05, 3.63) is 18.2 Å². The first kappa shape index (κ1) is 10.6. The highest BCUT2D eigenvalue weighted by molar-refractivity contribution is 7.80. The molecule has 1 aromatic rings. The molecule has 1 unspecified atom stereocenters. The predicted molar refractivity (Wildman–Crippen MR) is 54.8 cm³/mol. The first-order valence-electron chi connectivity index (χ1n) is 3.98. The minimum atomic E-state index is -0.473. The van der Waals surface area contributed by atoms with Crippen molar-refractivity contribution in [2.45, 2.75) is 13.0 Å². The average Bonchev–Trinajstić information content (AvgIpc) is 2.63. The molecule has 1 rings (SSSR count). The van der Waals surface area contributed by atoms with Gasteiger partial charge in [0.15, 0.2) is 5.82 Å². The van der Waals surface area contributed by atoms with Gasteiger partial charge in [-0.05, 0) is 6.92 Å². The lowest BCUT2D eigenvalue weighted by atomic mass is 10.3. The van der Waals surface area contributed by atoms with E-state index in [2.05, 4.69) is 9.72 Å². The summed E-state index contributed by atoms with van der Waals surface area (Å²) in [6, 6.07) is -0.473. The Balaban J connectivity index is 3.00. The van der Waals surface area contributed by atoms with Crippen molar-refractivity contribution in [2.75, 3.05) is 7.11 Å². The van der Waals surface area contributed by atoms with E-state index in [0.717, 1.165) is 0 Å². The number of hydrogen-bond donors (Lipinski definition) is 1. The van der Waals surface area contributed by atoms with E-state index in [-0.39, 0.29) is 11.0 Å². The van der Waals surface area contributed by atoms with Crippen LogP contribution in [0.4, 0.5) is 0 Å². The Morgan fingerprint density at radius 3 is 2.93 bits per heavy atom. The minimum Gasteiger partial charge on any atom is -0.467 e. The molecule has 1 atom stereocenters. The number of carbonyl (C=O) groups is 1. The van der Waals surface area contributed by atoms with Crippen molar-refractivity contribution in [3.63, 3.8) is 0 Å². The van der Waals surface area contributed by atoms with Crippen LogP contribution >= 0.6 is 12.2 Å². The van der Waals surface area contributed by atoms with Crippen molar-refractivity contribution < 1.29 is 9.53 Å². The Bertz CT molecular complexity index is 361. The number of nitrogens with zero attached hydrogens (tertiary/aromatic N) is 2. The molecule has 0 saturated carbocycles. The summed E-state index contributed by atoms with van der Waals surface area (Å²) in [6.07, 6.45) is 3.17. The molecule has 0 amide bonds. The molecule has 0 aliphatic heterocycles. The van der Waals surface area contributed by atoms with Crippen LogP contribution in [0.25, 0.3) is 0 Å². The fourth-order valence-corrected chi connectivity index (χ4v) is 1.26. The molecule has 0 radical (unpaired) electrons. The molecule has 1 heterocycles. The van der Waals surface area contributed by atoms with Gasteiger partial charge < -0.3 is 15.0 Å². The summed E-state index contributed by atoms with van der Waals surface area (Å²) < 4.78 is 6.18. The van der Waals surface area contributed by atoms with Crippen LogP contribution in [0.5, 0.6) is 0 Å². The van der Waals surface area contributed by atoms with Crippen LogP contribution in [0.3, 0.4) is 0 Å². The molecule has 0 fully saturated rings. The van der Waals surface area contributed by atoms with Crippen LogP contribution in [-0.4, -0.2) is 27.6 Å². The molecule has 0 aliphatic carbocycles. The molecule has 5 nitrogen and oxygen atoms in total. The monoisotopic (exact) mass is 213 g/mol. The van der Waals surface area contributed by atoms with Gasteiger partial charge in [0.1, 0.15) is 11.0 Å². The standard InChI is InChI=1S/C8H11N3O2S/c1-5(8(12)13-2)11-4-3-10-7(11)6(9)14/h3-5H,1-2H3,(H2,9,14). The van der Waals surface area contributed by atoms with E-state index in [0.29, 0.717) is 5.82 Å². The molecular formula is C8H11N3O2S. The quantitative estimate of drug-likeness (QED) is 0.575. The minimum absolute atomic E-state index is 0.158. The van der Waals surface area contributed by atoms with Crippen LogP contribution < -0.4 is 5.73 Å². The molecule has 0 aliphatic rings. The van der Waals surface area contributed by atoms with Crippen molar-refractivity contribution in [1.29, 1.82) is 0 Å². The number of ether oxygens (including phenoxy) is 1. The Kier molecular flexibility index (Phi) is 3.19. The van der Waals surface area contributed by atoms with E-state index < -0.39 is 6.04 Å². The van der Waals surface area contributed by atoms with E-state index in [1.165, 1.54) is 13.3 Å². The molecule has 0 saturated heterocycles. The third-order valence-electron chi connectivity index (χ3n) is 1.85. The fourth-order valence-electron chi connectivity index (χ4n) is 1.10. The van der Waals surface area contributed by atoms with Crippen molar-refractivity contribution in [1.82, 2.24) is 9.55 Å².